The summed E-state index contributed by atoms with van der Waals surface area (Å²) in [4.78, 5) is 11.6. The summed E-state index contributed by atoms with van der Waals surface area (Å²) in [6, 6.07) is 0. The number of aliphatic hydroxyl groups excluding tert-OH is 2. The summed E-state index contributed by atoms with van der Waals surface area (Å²) in [5.41, 5.74) is 0. The normalized spacial score (nSPS) is 14.1. The molecule has 0 heterocycles. The molecule has 0 saturated heterocycles. The lowest BCUT2D eigenvalue weighted by Crippen LogP contribution is -2.24. The van der Waals surface area contributed by atoms with Gasteiger partial charge in [0, 0.05) is 0 Å². The number of ether oxygens (including phenoxy) is 1. The molecule has 0 aliphatic carbocycles. The van der Waals surface area contributed by atoms with Crippen LogP contribution >= 0.6 is 0 Å². The predicted molar refractivity (Wildman–Crippen MR) is 89.6 cm³/mol. The highest BCUT2D eigenvalue weighted by molar-refractivity contribution is 5.71. The molecule has 0 rings (SSSR count). The molecule has 0 fully saturated rings. The number of unbranched alkanes of at least 4 members (excludes halogenated alkanes) is 6. The van der Waals surface area contributed by atoms with E-state index in [2.05, 4.69) is 13.8 Å². The van der Waals surface area contributed by atoms with Crippen LogP contribution in [-0.2, 0) is 9.53 Å². The Bertz CT molecular complexity index is 266. The van der Waals surface area contributed by atoms with Crippen molar-refractivity contribution in [2.45, 2.75) is 84.7 Å². The van der Waals surface area contributed by atoms with E-state index in [1.165, 1.54) is 44.9 Å². The van der Waals surface area contributed by atoms with Crippen molar-refractivity contribution >= 4 is 5.97 Å². The maximum atomic E-state index is 11.6. The summed E-state index contributed by atoms with van der Waals surface area (Å²) in [6.45, 7) is 5.92. The Balaban J connectivity index is 3.41. The number of rotatable bonds is 14. The Labute approximate surface area is 136 Å². The first-order chi connectivity index (χ1) is 10.5. The first-order valence-corrected chi connectivity index (χ1v) is 8.93. The predicted octanol–water partition coefficient (Wildman–Crippen LogP) is 3.69. The Kier molecular flexibility index (Phi) is 13.6. The zero-order valence-electron chi connectivity index (χ0n) is 14.7. The summed E-state index contributed by atoms with van der Waals surface area (Å²) >= 11 is 0. The van der Waals surface area contributed by atoms with Crippen molar-refractivity contribution in [3.8, 4) is 0 Å². The molecule has 0 bridgehead atoms. The fourth-order valence-electron chi connectivity index (χ4n) is 2.38. The van der Waals surface area contributed by atoms with Gasteiger partial charge in [-0.15, -0.1) is 0 Å². The molecule has 4 heteroatoms. The van der Waals surface area contributed by atoms with Gasteiger partial charge in [0.05, 0.1) is 12.5 Å². The van der Waals surface area contributed by atoms with E-state index < -0.39 is 6.10 Å². The molecule has 0 aliphatic rings. The highest BCUT2D eigenvalue weighted by Crippen LogP contribution is 2.15. The van der Waals surface area contributed by atoms with Crippen molar-refractivity contribution in [3.63, 3.8) is 0 Å². The van der Waals surface area contributed by atoms with Gasteiger partial charge >= 0.3 is 5.97 Å². The average molecular weight is 316 g/mol. The molecule has 0 aliphatic heterocycles. The molecule has 0 radical (unpaired) electrons. The second-order valence-electron chi connectivity index (χ2n) is 6.81. The van der Waals surface area contributed by atoms with Gasteiger partial charge in [-0.05, 0) is 12.3 Å². The SMILES string of the molecule is CC(C)CCCCCCCCC[C@@H](C)C(=O)OC[C@@H](O)CO. The third-order valence-electron chi connectivity index (χ3n) is 3.95. The molecule has 0 amide bonds. The molecule has 0 aromatic carbocycles. The van der Waals surface area contributed by atoms with Crippen LogP contribution in [0.1, 0.15) is 78.6 Å². The van der Waals surface area contributed by atoms with Crippen molar-refractivity contribution in [1.29, 1.82) is 0 Å². The maximum Gasteiger partial charge on any atom is 0.308 e. The molecule has 0 unspecified atom stereocenters. The zero-order chi connectivity index (χ0) is 16.8. The monoisotopic (exact) mass is 316 g/mol. The zero-order valence-corrected chi connectivity index (χ0v) is 14.7. The van der Waals surface area contributed by atoms with E-state index in [0.717, 1.165) is 18.8 Å². The second kappa shape index (κ2) is 14.0. The standard InChI is InChI=1S/C18H36O4/c1-15(2)11-9-7-5-4-6-8-10-12-16(3)18(21)22-14-17(20)13-19/h15-17,19-20H,4-14H2,1-3H3/t16-,17+/m1/s1. The Morgan fingerprint density at radius 2 is 1.41 bits per heavy atom. The minimum Gasteiger partial charge on any atom is -0.463 e. The molecule has 0 saturated carbocycles. The van der Waals surface area contributed by atoms with E-state index >= 15 is 0 Å². The highest BCUT2D eigenvalue weighted by atomic mass is 16.5. The number of hydrogen-bond acceptors (Lipinski definition) is 4. The summed E-state index contributed by atoms with van der Waals surface area (Å²) in [5, 5.41) is 17.8. The summed E-state index contributed by atoms with van der Waals surface area (Å²) in [7, 11) is 0. The number of hydrogen-bond donors (Lipinski definition) is 2. The summed E-state index contributed by atoms with van der Waals surface area (Å²) in [5.74, 6) is 0.415. The molecule has 4 nitrogen and oxygen atoms in total. The van der Waals surface area contributed by atoms with Crippen LogP contribution in [0.5, 0.6) is 0 Å². The highest BCUT2D eigenvalue weighted by Gasteiger charge is 2.15. The number of aliphatic hydroxyl groups is 2. The van der Waals surface area contributed by atoms with E-state index in [1.807, 2.05) is 6.92 Å². The Morgan fingerprint density at radius 3 is 1.91 bits per heavy atom. The van der Waals surface area contributed by atoms with Gasteiger partial charge in [-0.2, -0.15) is 0 Å². The lowest BCUT2D eigenvalue weighted by molar-refractivity contribution is -0.151. The van der Waals surface area contributed by atoms with Gasteiger partial charge in [0.25, 0.3) is 0 Å². The first kappa shape index (κ1) is 21.4. The van der Waals surface area contributed by atoms with E-state index in [-0.39, 0.29) is 25.1 Å². The van der Waals surface area contributed by atoms with E-state index in [9.17, 15) is 4.79 Å². The van der Waals surface area contributed by atoms with Crippen LogP contribution in [0.25, 0.3) is 0 Å². The van der Waals surface area contributed by atoms with E-state index in [4.69, 9.17) is 14.9 Å². The molecule has 132 valence electrons. The van der Waals surface area contributed by atoms with Gasteiger partial charge in [0.15, 0.2) is 0 Å². The van der Waals surface area contributed by atoms with Crippen LogP contribution in [0.3, 0.4) is 0 Å². The Hall–Kier alpha value is -0.610. The molecule has 0 aromatic heterocycles. The Morgan fingerprint density at radius 1 is 0.909 bits per heavy atom. The number of carbonyl (C=O) groups is 1. The average Bonchev–Trinajstić information content (AvgIpc) is 2.49. The van der Waals surface area contributed by atoms with Gasteiger partial charge < -0.3 is 14.9 Å². The van der Waals surface area contributed by atoms with Crippen LogP contribution in [-0.4, -0.2) is 35.5 Å². The van der Waals surface area contributed by atoms with Crippen molar-refractivity contribution in [2.24, 2.45) is 11.8 Å². The largest absolute Gasteiger partial charge is 0.463 e. The van der Waals surface area contributed by atoms with Gasteiger partial charge in [-0.3, -0.25) is 4.79 Å². The molecule has 0 spiro atoms. The quantitative estimate of drug-likeness (QED) is 0.379. The molecular formula is C18H36O4. The van der Waals surface area contributed by atoms with Crippen molar-refractivity contribution in [3.05, 3.63) is 0 Å². The maximum absolute atomic E-state index is 11.6. The smallest absolute Gasteiger partial charge is 0.308 e. The topological polar surface area (TPSA) is 66.8 Å². The summed E-state index contributed by atoms with van der Waals surface area (Å²) in [6.07, 6.45) is 9.97. The molecule has 2 N–H and O–H groups in total. The molecule has 22 heavy (non-hydrogen) atoms. The minimum absolute atomic E-state index is 0.115. The van der Waals surface area contributed by atoms with Crippen LogP contribution in [0, 0.1) is 11.8 Å². The van der Waals surface area contributed by atoms with Crippen LogP contribution < -0.4 is 0 Å². The third kappa shape index (κ3) is 13.1. The van der Waals surface area contributed by atoms with Gasteiger partial charge in [0.2, 0.25) is 0 Å². The fraction of sp³-hybridized carbons (Fsp3) is 0.944. The van der Waals surface area contributed by atoms with Crippen LogP contribution in [0.15, 0.2) is 0 Å². The van der Waals surface area contributed by atoms with Crippen LogP contribution in [0.4, 0.5) is 0 Å². The van der Waals surface area contributed by atoms with Gasteiger partial charge in [0.1, 0.15) is 12.7 Å². The minimum atomic E-state index is -0.966. The van der Waals surface area contributed by atoms with E-state index in [0.29, 0.717) is 0 Å². The lowest BCUT2D eigenvalue weighted by Gasteiger charge is -2.13. The van der Waals surface area contributed by atoms with Crippen molar-refractivity contribution < 1.29 is 19.7 Å². The van der Waals surface area contributed by atoms with Crippen LogP contribution in [0.2, 0.25) is 0 Å². The molecular weight excluding hydrogens is 280 g/mol. The fourth-order valence-corrected chi connectivity index (χ4v) is 2.38. The van der Waals surface area contributed by atoms with Crippen molar-refractivity contribution in [1.82, 2.24) is 0 Å². The second-order valence-corrected chi connectivity index (χ2v) is 6.81. The molecule has 2 atom stereocenters. The molecule has 0 aromatic rings. The lowest BCUT2D eigenvalue weighted by atomic mass is 10.0. The first-order valence-electron chi connectivity index (χ1n) is 8.93. The van der Waals surface area contributed by atoms with Gasteiger partial charge in [-0.1, -0.05) is 72.1 Å². The third-order valence-corrected chi connectivity index (χ3v) is 3.95. The summed E-state index contributed by atoms with van der Waals surface area (Å²) < 4.78 is 4.95. The number of esters is 1. The van der Waals surface area contributed by atoms with Crippen molar-refractivity contribution in [2.75, 3.05) is 13.2 Å². The van der Waals surface area contributed by atoms with Gasteiger partial charge in [-0.25, -0.2) is 0 Å². The van der Waals surface area contributed by atoms with E-state index in [1.54, 1.807) is 0 Å². The number of carbonyl (C=O) groups excluding carboxylic acids is 1.